The van der Waals surface area contributed by atoms with Gasteiger partial charge in [0, 0.05) is 43.7 Å². The lowest BCUT2D eigenvalue weighted by Gasteiger charge is -2.30. The van der Waals surface area contributed by atoms with Gasteiger partial charge in [0.05, 0.1) is 13.2 Å². The summed E-state index contributed by atoms with van der Waals surface area (Å²) >= 11 is 0. The fourth-order valence-electron chi connectivity index (χ4n) is 4.15. The number of likely N-dealkylation sites (N-methyl/N-ethyl adjacent to an activating group) is 1. The Bertz CT molecular complexity index is 655. The Hall–Kier alpha value is -1.92. The average Bonchev–Trinajstić information content (AvgIpc) is 3.07. The summed E-state index contributed by atoms with van der Waals surface area (Å²) in [7, 11) is 2.07. The largest absolute Gasteiger partial charge is 0.378 e. The molecule has 2 fully saturated rings. The molecular weight excluding hydrogens is 354 g/mol. The molecule has 6 heteroatoms. The second-order valence-electron chi connectivity index (χ2n) is 7.90. The van der Waals surface area contributed by atoms with Gasteiger partial charge in [-0.25, -0.2) is 0 Å². The van der Waals surface area contributed by atoms with Crippen molar-refractivity contribution in [3.05, 3.63) is 35.4 Å². The van der Waals surface area contributed by atoms with Crippen LogP contribution in [0.5, 0.6) is 0 Å². The van der Waals surface area contributed by atoms with Crippen LogP contribution in [0.1, 0.15) is 48.5 Å². The number of morpholine rings is 1. The van der Waals surface area contributed by atoms with E-state index in [1.54, 1.807) is 0 Å². The van der Waals surface area contributed by atoms with Gasteiger partial charge in [-0.05, 0) is 44.0 Å². The SMILES string of the molecule is CCCc1ccc(C(=O)NC[C@@H]2CC[C@H](CC(=O)N3CCOCC3)N2C)cc1. The third-order valence-electron chi connectivity index (χ3n) is 6.01. The molecule has 1 N–H and O–H groups in total. The van der Waals surface area contributed by atoms with E-state index in [1.807, 2.05) is 29.2 Å². The van der Waals surface area contributed by atoms with Gasteiger partial charge >= 0.3 is 0 Å². The number of hydrogen-bond acceptors (Lipinski definition) is 4. The van der Waals surface area contributed by atoms with E-state index in [9.17, 15) is 9.59 Å². The molecule has 2 amide bonds. The molecule has 6 nitrogen and oxygen atoms in total. The van der Waals surface area contributed by atoms with Crippen LogP contribution in [-0.4, -0.2) is 73.6 Å². The first kappa shape index (κ1) is 20.8. The first-order valence-corrected chi connectivity index (χ1v) is 10.5. The minimum absolute atomic E-state index is 0.0238. The molecule has 0 bridgehead atoms. The fraction of sp³-hybridized carbons (Fsp3) is 0.636. The van der Waals surface area contributed by atoms with Crippen LogP contribution in [0.2, 0.25) is 0 Å². The van der Waals surface area contributed by atoms with E-state index < -0.39 is 0 Å². The van der Waals surface area contributed by atoms with E-state index in [1.165, 1.54) is 5.56 Å². The number of rotatable bonds is 7. The molecule has 2 aliphatic heterocycles. The monoisotopic (exact) mass is 387 g/mol. The number of benzene rings is 1. The molecule has 2 aliphatic rings. The third kappa shape index (κ3) is 5.32. The highest BCUT2D eigenvalue weighted by molar-refractivity contribution is 5.94. The van der Waals surface area contributed by atoms with Crippen LogP contribution in [0.3, 0.4) is 0 Å². The van der Waals surface area contributed by atoms with Crippen molar-refractivity contribution in [2.45, 2.75) is 51.1 Å². The van der Waals surface area contributed by atoms with Gasteiger partial charge in [-0.3, -0.25) is 14.5 Å². The summed E-state index contributed by atoms with van der Waals surface area (Å²) in [5.74, 6) is 0.196. The van der Waals surface area contributed by atoms with Crippen molar-refractivity contribution in [1.29, 1.82) is 0 Å². The zero-order valence-corrected chi connectivity index (χ0v) is 17.2. The highest BCUT2D eigenvalue weighted by atomic mass is 16.5. The first-order chi connectivity index (χ1) is 13.6. The normalized spacial score (nSPS) is 23.0. The molecule has 28 heavy (non-hydrogen) atoms. The van der Waals surface area contributed by atoms with E-state index in [0.29, 0.717) is 44.8 Å². The Morgan fingerprint density at radius 1 is 1.11 bits per heavy atom. The summed E-state index contributed by atoms with van der Waals surface area (Å²) in [6, 6.07) is 8.42. The van der Waals surface area contributed by atoms with E-state index in [0.717, 1.165) is 25.7 Å². The van der Waals surface area contributed by atoms with E-state index in [4.69, 9.17) is 4.74 Å². The molecule has 0 aliphatic carbocycles. The van der Waals surface area contributed by atoms with Gasteiger partial charge in [0.25, 0.3) is 5.91 Å². The second kappa shape index (κ2) is 10.0. The molecule has 1 aromatic rings. The lowest BCUT2D eigenvalue weighted by atomic mass is 10.1. The highest BCUT2D eigenvalue weighted by Gasteiger charge is 2.33. The number of aryl methyl sites for hydroxylation is 1. The van der Waals surface area contributed by atoms with Gasteiger partial charge in [0.2, 0.25) is 5.91 Å². The van der Waals surface area contributed by atoms with Crippen LogP contribution in [0.25, 0.3) is 0 Å². The molecule has 2 heterocycles. The van der Waals surface area contributed by atoms with Crippen molar-refractivity contribution in [2.24, 2.45) is 0 Å². The number of nitrogens with zero attached hydrogens (tertiary/aromatic N) is 2. The summed E-state index contributed by atoms with van der Waals surface area (Å²) in [6.07, 6.45) is 4.71. The summed E-state index contributed by atoms with van der Waals surface area (Å²) < 4.78 is 5.32. The quantitative estimate of drug-likeness (QED) is 0.778. The molecule has 0 saturated carbocycles. The lowest BCUT2D eigenvalue weighted by molar-refractivity contribution is -0.136. The van der Waals surface area contributed by atoms with Crippen LogP contribution in [-0.2, 0) is 16.0 Å². The summed E-state index contributed by atoms with van der Waals surface area (Å²) in [6.45, 7) is 5.45. The maximum atomic E-state index is 12.5. The Labute approximate surface area is 168 Å². The number of hydrogen-bond donors (Lipinski definition) is 1. The van der Waals surface area contributed by atoms with Crippen molar-refractivity contribution in [3.63, 3.8) is 0 Å². The molecule has 0 unspecified atom stereocenters. The predicted octanol–water partition coefficient (Wildman–Crippen LogP) is 2.08. The topological polar surface area (TPSA) is 61.9 Å². The minimum atomic E-state index is -0.0238. The third-order valence-corrected chi connectivity index (χ3v) is 6.01. The van der Waals surface area contributed by atoms with Crippen LogP contribution >= 0.6 is 0 Å². The standard InChI is InChI=1S/C22H33N3O3/c1-3-4-17-5-7-18(8-6-17)22(27)23-16-20-10-9-19(24(20)2)15-21(26)25-11-13-28-14-12-25/h5-8,19-20H,3-4,9-16H2,1-2H3,(H,23,27)/t19-,20+/m1/s1. The van der Waals surface area contributed by atoms with Crippen LogP contribution in [0, 0.1) is 0 Å². The number of nitrogens with one attached hydrogen (secondary N) is 1. The number of ether oxygens (including phenoxy) is 1. The Kier molecular flexibility index (Phi) is 7.45. The Morgan fingerprint density at radius 3 is 2.46 bits per heavy atom. The van der Waals surface area contributed by atoms with Crippen molar-refractivity contribution in [2.75, 3.05) is 39.9 Å². The number of carbonyl (C=O) groups excluding carboxylic acids is 2. The molecule has 0 spiro atoms. The van der Waals surface area contributed by atoms with E-state index in [-0.39, 0.29) is 23.9 Å². The summed E-state index contributed by atoms with van der Waals surface area (Å²) in [4.78, 5) is 29.1. The molecule has 154 valence electrons. The number of carbonyl (C=O) groups is 2. The molecule has 2 saturated heterocycles. The van der Waals surface area contributed by atoms with Crippen LogP contribution in [0.15, 0.2) is 24.3 Å². The van der Waals surface area contributed by atoms with Gasteiger partial charge < -0.3 is 15.0 Å². The maximum Gasteiger partial charge on any atom is 0.251 e. The summed E-state index contributed by atoms with van der Waals surface area (Å²) in [5, 5.41) is 3.07. The van der Waals surface area contributed by atoms with Gasteiger partial charge in [-0.15, -0.1) is 0 Å². The zero-order valence-electron chi connectivity index (χ0n) is 17.2. The van der Waals surface area contributed by atoms with Gasteiger partial charge in [0.15, 0.2) is 0 Å². The Balaban J connectivity index is 1.45. The molecule has 2 atom stereocenters. The summed E-state index contributed by atoms with van der Waals surface area (Å²) in [5.41, 5.74) is 1.97. The molecule has 0 radical (unpaired) electrons. The van der Waals surface area contributed by atoms with Crippen molar-refractivity contribution in [3.8, 4) is 0 Å². The first-order valence-electron chi connectivity index (χ1n) is 10.5. The predicted molar refractivity (Wildman–Crippen MR) is 109 cm³/mol. The lowest BCUT2D eigenvalue weighted by Crippen LogP contribution is -2.45. The fourth-order valence-corrected chi connectivity index (χ4v) is 4.15. The van der Waals surface area contributed by atoms with Crippen molar-refractivity contribution >= 4 is 11.8 Å². The van der Waals surface area contributed by atoms with Crippen LogP contribution in [0.4, 0.5) is 0 Å². The van der Waals surface area contributed by atoms with Gasteiger partial charge in [0.1, 0.15) is 0 Å². The average molecular weight is 388 g/mol. The van der Waals surface area contributed by atoms with E-state index >= 15 is 0 Å². The van der Waals surface area contributed by atoms with E-state index in [2.05, 4.69) is 24.2 Å². The van der Waals surface area contributed by atoms with Gasteiger partial charge in [-0.2, -0.15) is 0 Å². The van der Waals surface area contributed by atoms with Gasteiger partial charge in [-0.1, -0.05) is 25.5 Å². The van der Waals surface area contributed by atoms with Crippen molar-refractivity contribution in [1.82, 2.24) is 15.1 Å². The minimum Gasteiger partial charge on any atom is -0.378 e. The maximum absolute atomic E-state index is 12.5. The second-order valence-corrected chi connectivity index (χ2v) is 7.90. The van der Waals surface area contributed by atoms with Crippen molar-refractivity contribution < 1.29 is 14.3 Å². The Morgan fingerprint density at radius 2 is 1.79 bits per heavy atom. The smallest absolute Gasteiger partial charge is 0.251 e. The van der Waals surface area contributed by atoms with Crippen LogP contribution < -0.4 is 5.32 Å². The molecule has 1 aromatic carbocycles. The molecule has 3 rings (SSSR count). The number of likely N-dealkylation sites (tertiary alicyclic amines) is 1. The highest BCUT2D eigenvalue weighted by Crippen LogP contribution is 2.25. The zero-order chi connectivity index (χ0) is 19.9. The molecule has 0 aromatic heterocycles. The number of amides is 2. The molecular formula is C22H33N3O3.